The van der Waals surface area contributed by atoms with Crippen molar-refractivity contribution in [3.63, 3.8) is 0 Å². The fraction of sp³-hybridized carbons (Fsp3) is 0.579. The molecule has 1 aromatic rings. The van der Waals surface area contributed by atoms with Gasteiger partial charge in [-0.2, -0.15) is 0 Å². The molecule has 5 heteroatoms. The van der Waals surface area contributed by atoms with Gasteiger partial charge in [0.25, 0.3) is 0 Å². The summed E-state index contributed by atoms with van der Waals surface area (Å²) in [4.78, 5) is 25.8. The minimum atomic E-state index is -0.291. The lowest BCUT2D eigenvalue weighted by Crippen LogP contribution is -2.47. The molecule has 0 fully saturated rings. The lowest BCUT2D eigenvalue weighted by molar-refractivity contribution is -0.136. The van der Waals surface area contributed by atoms with Crippen molar-refractivity contribution < 1.29 is 14.3 Å². The molecule has 0 bridgehead atoms. The van der Waals surface area contributed by atoms with Gasteiger partial charge in [0.2, 0.25) is 11.8 Å². The fourth-order valence-corrected chi connectivity index (χ4v) is 2.29. The number of nitrogens with one attached hydrogen (secondary N) is 1. The third-order valence-corrected chi connectivity index (χ3v) is 3.47. The van der Waals surface area contributed by atoms with Crippen LogP contribution in [0.3, 0.4) is 0 Å². The van der Waals surface area contributed by atoms with Crippen molar-refractivity contribution in [1.29, 1.82) is 0 Å². The molecule has 0 aliphatic heterocycles. The molecule has 0 atom stereocenters. The zero-order valence-corrected chi connectivity index (χ0v) is 15.5. The Morgan fingerprint density at radius 2 is 1.88 bits per heavy atom. The highest BCUT2D eigenvalue weighted by Crippen LogP contribution is 2.16. The van der Waals surface area contributed by atoms with Gasteiger partial charge in [0.15, 0.2) is 0 Å². The normalized spacial score (nSPS) is 11.0. The van der Waals surface area contributed by atoms with Gasteiger partial charge in [0.05, 0.1) is 13.2 Å². The molecule has 0 saturated heterocycles. The molecule has 0 aliphatic carbocycles. The summed E-state index contributed by atoms with van der Waals surface area (Å²) >= 11 is 0. The molecule has 0 aromatic heterocycles. The third kappa shape index (κ3) is 7.49. The molecule has 1 aromatic carbocycles. The standard InChI is InChI=1S/C19H30N2O3/c1-6-21(14-17(22)20-19(3,4)5)18(23)12-9-13-24-16-11-8-7-10-15(16)2/h7-8,10-11H,6,9,12-14H2,1-5H3,(H,20,22). The Morgan fingerprint density at radius 1 is 1.21 bits per heavy atom. The molecule has 0 spiro atoms. The summed E-state index contributed by atoms with van der Waals surface area (Å²) < 4.78 is 5.70. The second-order valence-corrected chi connectivity index (χ2v) is 6.92. The summed E-state index contributed by atoms with van der Waals surface area (Å²) in [7, 11) is 0. The first-order valence-electron chi connectivity index (χ1n) is 8.50. The number of ether oxygens (including phenoxy) is 1. The van der Waals surface area contributed by atoms with Gasteiger partial charge in [-0.3, -0.25) is 9.59 Å². The van der Waals surface area contributed by atoms with Crippen LogP contribution in [0.2, 0.25) is 0 Å². The molecule has 2 amide bonds. The van der Waals surface area contributed by atoms with Crippen molar-refractivity contribution in [3.05, 3.63) is 29.8 Å². The highest BCUT2D eigenvalue weighted by molar-refractivity contribution is 5.85. The predicted octanol–water partition coefficient (Wildman–Crippen LogP) is 2.92. The Hall–Kier alpha value is -2.04. The number of amides is 2. The number of hydrogen-bond acceptors (Lipinski definition) is 3. The van der Waals surface area contributed by atoms with E-state index in [-0.39, 0.29) is 23.9 Å². The first kappa shape index (κ1) is 20.0. The third-order valence-electron chi connectivity index (χ3n) is 3.47. The van der Waals surface area contributed by atoms with E-state index in [1.807, 2.05) is 58.9 Å². The zero-order chi connectivity index (χ0) is 18.2. The summed E-state index contributed by atoms with van der Waals surface area (Å²) in [6, 6.07) is 7.81. The first-order chi connectivity index (χ1) is 11.2. The average molecular weight is 334 g/mol. The maximum atomic E-state index is 12.2. The predicted molar refractivity (Wildman–Crippen MR) is 96.1 cm³/mol. The van der Waals surface area contributed by atoms with Gasteiger partial charge in [-0.15, -0.1) is 0 Å². The van der Waals surface area contributed by atoms with Gasteiger partial charge in [-0.25, -0.2) is 0 Å². The molecular weight excluding hydrogens is 304 g/mol. The quantitative estimate of drug-likeness (QED) is 0.744. The topological polar surface area (TPSA) is 58.6 Å². The van der Waals surface area contributed by atoms with Gasteiger partial charge >= 0.3 is 0 Å². The number of aryl methyl sites for hydroxylation is 1. The van der Waals surface area contributed by atoms with E-state index < -0.39 is 0 Å². The summed E-state index contributed by atoms with van der Waals surface area (Å²) in [6.07, 6.45) is 1.01. The van der Waals surface area contributed by atoms with E-state index in [9.17, 15) is 9.59 Å². The second-order valence-electron chi connectivity index (χ2n) is 6.92. The molecule has 0 heterocycles. The van der Waals surface area contributed by atoms with Crippen LogP contribution in [0.25, 0.3) is 0 Å². The number of benzene rings is 1. The molecule has 0 radical (unpaired) electrons. The van der Waals surface area contributed by atoms with Gasteiger partial charge in [0.1, 0.15) is 5.75 Å². The van der Waals surface area contributed by atoms with Gasteiger partial charge in [0, 0.05) is 18.5 Å². The van der Waals surface area contributed by atoms with E-state index in [2.05, 4.69) is 5.32 Å². The minimum Gasteiger partial charge on any atom is -0.493 e. The van der Waals surface area contributed by atoms with Crippen LogP contribution in [-0.2, 0) is 9.59 Å². The maximum Gasteiger partial charge on any atom is 0.240 e. The van der Waals surface area contributed by atoms with Crippen LogP contribution in [-0.4, -0.2) is 41.9 Å². The monoisotopic (exact) mass is 334 g/mol. The molecule has 134 valence electrons. The molecule has 24 heavy (non-hydrogen) atoms. The van der Waals surface area contributed by atoms with Crippen LogP contribution >= 0.6 is 0 Å². The van der Waals surface area contributed by atoms with Crippen molar-refractivity contribution in [2.75, 3.05) is 19.7 Å². The molecule has 0 unspecified atom stereocenters. The van der Waals surface area contributed by atoms with E-state index in [0.29, 0.717) is 26.0 Å². The summed E-state index contributed by atoms with van der Waals surface area (Å²) in [5.74, 6) is 0.700. The molecular formula is C19H30N2O3. The molecule has 1 N–H and O–H groups in total. The highest BCUT2D eigenvalue weighted by Gasteiger charge is 2.19. The van der Waals surface area contributed by atoms with Gasteiger partial charge in [-0.1, -0.05) is 18.2 Å². The second kappa shape index (κ2) is 9.30. The van der Waals surface area contributed by atoms with Crippen LogP contribution < -0.4 is 10.1 Å². The van der Waals surface area contributed by atoms with Gasteiger partial charge in [-0.05, 0) is 52.7 Å². The maximum absolute atomic E-state index is 12.2. The SMILES string of the molecule is CCN(CC(=O)NC(C)(C)C)C(=O)CCCOc1ccccc1C. The van der Waals surface area contributed by atoms with Crippen LogP contribution in [0.5, 0.6) is 5.75 Å². The van der Waals surface area contributed by atoms with E-state index in [1.54, 1.807) is 4.90 Å². The Morgan fingerprint density at radius 3 is 2.46 bits per heavy atom. The number of carbonyl (C=O) groups is 2. The van der Waals surface area contributed by atoms with Crippen LogP contribution in [0.15, 0.2) is 24.3 Å². The number of hydrogen-bond donors (Lipinski definition) is 1. The van der Waals surface area contributed by atoms with Gasteiger partial charge < -0.3 is 15.0 Å². The minimum absolute atomic E-state index is 0.0186. The number of likely N-dealkylation sites (N-methyl/N-ethyl adjacent to an activating group) is 1. The molecule has 5 nitrogen and oxygen atoms in total. The number of nitrogens with zero attached hydrogens (tertiary/aromatic N) is 1. The largest absolute Gasteiger partial charge is 0.493 e. The number of rotatable bonds is 8. The first-order valence-corrected chi connectivity index (χ1v) is 8.50. The number of para-hydroxylation sites is 1. The Balaban J connectivity index is 2.36. The average Bonchev–Trinajstić information content (AvgIpc) is 2.48. The summed E-state index contributed by atoms with van der Waals surface area (Å²) in [5, 5.41) is 2.88. The smallest absolute Gasteiger partial charge is 0.240 e. The van der Waals surface area contributed by atoms with Crippen molar-refractivity contribution in [2.24, 2.45) is 0 Å². The zero-order valence-electron chi connectivity index (χ0n) is 15.5. The summed E-state index contributed by atoms with van der Waals surface area (Å²) in [5.41, 5.74) is 0.791. The van der Waals surface area contributed by atoms with Crippen LogP contribution in [0, 0.1) is 6.92 Å². The van der Waals surface area contributed by atoms with E-state index in [1.165, 1.54) is 0 Å². The molecule has 0 saturated carbocycles. The van der Waals surface area contributed by atoms with E-state index in [4.69, 9.17) is 4.74 Å². The van der Waals surface area contributed by atoms with E-state index >= 15 is 0 Å². The molecule has 0 aliphatic rings. The highest BCUT2D eigenvalue weighted by atomic mass is 16.5. The Bertz CT molecular complexity index is 550. The lowest BCUT2D eigenvalue weighted by atomic mass is 10.1. The van der Waals surface area contributed by atoms with Crippen molar-refractivity contribution in [1.82, 2.24) is 10.2 Å². The van der Waals surface area contributed by atoms with Crippen LogP contribution in [0.1, 0.15) is 46.1 Å². The Kier molecular flexibility index (Phi) is 7.75. The summed E-state index contributed by atoms with van der Waals surface area (Å²) in [6.45, 7) is 10.8. The lowest BCUT2D eigenvalue weighted by Gasteiger charge is -2.25. The number of carbonyl (C=O) groups excluding carboxylic acids is 2. The van der Waals surface area contributed by atoms with E-state index in [0.717, 1.165) is 11.3 Å². The fourth-order valence-electron chi connectivity index (χ4n) is 2.29. The van der Waals surface area contributed by atoms with Crippen molar-refractivity contribution in [2.45, 2.75) is 53.0 Å². The van der Waals surface area contributed by atoms with Crippen molar-refractivity contribution in [3.8, 4) is 5.75 Å². The molecule has 1 rings (SSSR count). The Labute approximate surface area is 145 Å². The van der Waals surface area contributed by atoms with Crippen molar-refractivity contribution >= 4 is 11.8 Å². The van der Waals surface area contributed by atoms with Crippen LogP contribution in [0.4, 0.5) is 0 Å².